The van der Waals surface area contributed by atoms with Crippen molar-refractivity contribution in [2.45, 2.75) is 32.7 Å². The first kappa shape index (κ1) is 17.3. The minimum Gasteiger partial charge on any atom is -0.480 e. The van der Waals surface area contributed by atoms with Gasteiger partial charge >= 0.3 is 5.97 Å². The Labute approximate surface area is 134 Å². The third kappa shape index (κ3) is 4.22. The van der Waals surface area contributed by atoms with E-state index in [-0.39, 0.29) is 12.5 Å². The molecule has 128 valence electrons. The van der Waals surface area contributed by atoms with Crippen LogP contribution < -0.4 is 10.1 Å². The predicted molar refractivity (Wildman–Crippen MR) is 81.3 cm³/mol. The maximum absolute atomic E-state index is 12.0. The summed E-state index contributed by atoms with van der Waals surface area (Å²) in [6.45, 7) is 4.37. The number of carboxylic acids is 1. The topological polar surface area (TPSA) is 103 Å². The van der Waals surface area contributed by atoms with E-state index in [0.29, 0.717) is 24.7 Å². The average molecular weight is 325 g/mol. The van der Waals surface area contributed by atoms with Crippen LogP contribution in [0.3, 0.4) is 0 Å². The van der Waals surface area contributed by atoms with Gasteiger partial charge in [0.25, 0.3) is 5.91 Å². The number of nitrogens with one attached hydrogen (secondary N) is 1. The van der Waals surface area contributed by atoms with E-state index in [1.807, 2.05) is 6.92 Å². The highest BCUT2D eigenvalue weighted by Gasteiger charge is 2.31. The number of nitrogens with zero attached hydrogens (tertiary/aromatic N) is 2. The molecule has 0 bridgehead atoms. The van der Waals surface area contributed by atoms with Gasteiger partial charge in [-0.3, -0.25) is 9.48 Å². The van der Waals surface area contributed by atoms with Crippen molar-refractivity contribution in [2.24, 2.45) is 13.0 Å². The molecule has 1 saturated heterocycles. The van der Waals surface area contributed by atoms with Crippen LogP contribution in [0.1, 0.15) is 24.2 Å². The normalized spacial score (nSPS) is 19.2. The summed E-state index contributed by atoms with van der Waals surface area (Å²) in [5.74, 6) is -1.18. The van der Waals surface area contributed by atoms with Crippen LogP contribution in [0.4, 0.5) is 0 Å². The first-order valence-corrected chi connectivity index (χ1v) is 7.63. The fraction of sp³-hybridized carbons (Fsp3) is 0.667. The number of amides is 1. The number of aliphatic carboxylic acids is 1. The highest BCUT2D eigenvalue weighted by atomic mass is 16.5. The average Bonchev–Trinajstić information content (AvgIpc) is 2.76. The summed E-state index contributed by atoms with van der Waals surface area (Å²) in [6, 6.07) is -0.956. The maximum atomic E-state index is 12.0. The summed E-state index contributed by atoms with van der Waals surface area (Å²) in [4.78, 5) is 23.4. The first-order chi connectivity index (χ1) is 10.9. The van der Waals surface area contributed by atoms with Crippen LogP contribution in [0.15, 0.2) is 0 Å². The Morgan fingerprint density at radius 2 is 2.26 bits per heavy atom. The fourth-order valence-electron chi connectivity index (χ4n) is 2.73. The molecule has 2 rings (SSSR count). The molecule has 2 unspecified atom stereocenters. The number of rotatable bonds is 6. The standard InChI is InChI=1S/C15H23N3O5/c1-9-14(10(2)18(3)17-9)23-8-12(19)16-13(15(20)21)11-5-4-6-22-7-11/h11,13H,4-8H2,1-3H3,(H,16,19)(H,20,21). The second-order valence-corrected chi connectivity index (χ2v) is 5.77. The molecule has 1 aliphatic heterocycles. The molecule has 0 aromatic carbocycles. The van der Waals surface area contributed by atoms with Crippen LogP contribution in [0.5, 0.6) is 5.75 Å². The zero-order valence-corrected chi connectivity index (χ0v) is 13.7. The molecule has 8 heteroatoms. The van der Waals surface area contributed by atoms with Crippen LogP contribution in [0.25, 0.3) is 0 Å². The quantitative estimate of drug-likeness (QED) is 0.785. The van der Waals surface area contributed by atoms with E-state index in [1.165, 1.54) is 0 Å². The zero-order valence-electron chi connectivity index (χ0n) is 13.7. The molecule has 23 heavy (non-hydrogen) atoms. The van der Waals surface area contributed by atoms with Crippen molar-refractivity contribution in [3.63, 3.8) is 0 Å². The van der Waals surface area contributed by atoms with Gasteiger partial charge in [-0.05, 0) is 26.7 Å². The molecule has 1 aliphatic rings. The molecule has 2 atom stereocenters. The summed E-state index contributed by atoms with van der Waals surface area (Å²) in [5, 5.41) is 16.1. The summed E-state index contributed by atoms with van der Waals surface area (Å²) < 4.78 is 12.5. The van der Waals surface area contributed by atoms with Crippen molar-refractivity contribution in [1.29, 1.82) is 0 Å². The van der Waals surface area contributed by atoms with E-state index in [4.69, 9.17) is 9.47 Å². The van der Waals surface area contributed by atoms with Gasteiger partial charge in [0, 0.05) is 19.6 Å². The van der Waals surface area contributed by atoms with E-state index in [9.17, 15) is 14.7 Å². The van der Waals surface area contributed by atoms with Crippen LogP contribution in [0.2, 0.25) is 0 Å². The van der Waals surface area contributed by atoms with Gasteiger partial charge in [0.2, 0.25) is 0 Å². The van der Waals surface area contributed by atoms with Gasteiger partial charge in [-0.25, -0.2) is 4.79 Å². The lowest BCUT2D eigenvalue weighted by molar-refractivity contribution is -0.145. The second-order valence-electron chi connectivity index (χ2n) is 5.77. The number of hydrogen-bond acceptors (Lipinski definition) is 5. The monoisotopic (exact) mass is 325 g/mol. The van der Waals surface area contributed by atoms with Gasteiger partial charge in [0.05, 0.1) is 12.3 Å². The number of aryl methyl sites for hydroxylation is 2. The molecule has 0 aliphatic carbocycles. The Kier molecular flexibility index (Phi) is 5.59. The van der Waals surface area contributed by atoms with Crippen LogP contribution in [-0.4, -0.2) is 52.6 Å². The summed E-state index contributed by atoms with van der Waals surface area (Å²) in [5.41, 5.74) is 1.50. The molecule has 2 heterocycles. The summed E-state index contributed by atoms with van der Waals surface area (Å²) in [6.07, 6.45) is 1.52. The molecule has 0 radical (unpaired) electrons. The molecule has 0 saturated carbocycles. The van der Waals surface area contributed by atoms with Crippen molar-refractivity contribution in [1.82, 2.24) is 15.1 Å². The Morgan fingerprint density at radius 1 is 1.52 bits per heavy atom. The number of carbonyl (C=O) groups excluding carboxylic acids is 1. The second kappa shape index (κ2) is 7.45. The Bertz CT molecular complexity index is 578. The Balaban J connectivity index is 1.92. The molecule has 1 aromatic rings. The van der Waals surface area contributed by atoms with Crippen LogP contribution in [0, 0.1) is 19.8 Å². The van der Waals surface area contributed by atoms with E-state index >= 15 is 0 Å². The van der Waals surface area contributed by atoms with Crippen molar-refractivity contribution < 1.29 is 24.2 Å². The van der Waals surface area contributed by atoms with Gasteiger partial charge < -0.3 is 19.9 Å². The van der Waals surface area contributed by atoms with Crippen molar-refractivity contribution in [2.75, 3.05) is 19.8 Å². The summed E-state index contributed by atoms with van der Waals surface area (Å²) in [7, 11) is 1.79. The lowest BCUT2D eigenvalue weighted by Gasteiger charge is -2.28. The predicted octanol–water partition coefficient (Wildman–Crippen LogP) is 0.412. The highest BCUT2D eigenvalue weighted by Crippen LogP contribution is 2.21. The Hall–Kier alpha value is -2.09. The third-order valence-corrected chi connectivity index (χ3v) is 4.04. The SMILES string of the molecule is Cc1nn(C)c(C)c1OCC(=O)NC(C(=O)O)C1CCCOC1. The highest BCUT2D eigenvalue weighted by molar-refractivity contribution is 5.84. The number of hydrogen-bond donors (Lipinski definition) is 2. The van der Waals surface area contributed by atoms with Gasteiger partial charge in [-0.2, -0.15) is 5.10 Å². The first-order valence-electron chi connectivity index (χ1n) is 7.63. The Morgan fingerprint density at radius 3 is 2.78 bits per heavy atom. The lowest BCUT2D eigenvalue weighted by Crippen LogP contribution is -2.49. The zero-order chi connectivity index (χ0) is 17.0. The molecule has 1 aromatic heterocycles. The molecule has 1 amide bonds. The molecular weight excluding hydrogens is 302 g/mol. The van der Waals surface area contributed by atoms with Crippen molar-refractivity contribution in [3.05, 3.63) is 11.4 Å². The van der Waals surface area contributed by atoms with Gasteiger partial charge in [-0.1, -0.05) is 0 Å². The van der Waals surface area contributed by atoms with E-state index in [2.05, 4.69) is 10.4 Å². The number of ether oxygens (including phenoxy) is 2. The minimum absolute atomic E-state index is 0.216. The van der Waals surface area contributed by atoms with E-state index in [0.717, 1.165) is 18.5 Å². The molecule has 8 nitrogen and oxygen atoms in total. The maximum Gasteiger partial charge on any atom is 0.326 e. The van der Waals surface area contributed by atoms with E-state index in [1.54, 1.807) is 18.7 Å². The third-order valence-electron chi connectivity index (χ3n) is 4.04. The minimum atomic E-state index is -1.05. The summed E-state index contributed by atoms with van der Waals surface area (Å²) >= 11 is 0. The molecule has 1 fully saturated rings. The molecule has 2 N–H and O–H groups in total. The largest absolute Gasteiger partial charge is 0.480 e. The number of aromatic nitrogens is 2. The molecular formula is C15H23N3O5. The van der Waals surface area contributed by atoms with Gasteiger partial charge in [-0.15, -0.1) is 0 Å². The fourth-order valence-corrected chi connectivity index (χ4v) is 2.73. The van der Waals surface area contributed by atoms with Gasteiger partial charge in [0.15, 0.2) is 12.4 Å². The lowest BCUT2D eigenvalue weighted by atomic mass is 9.93. The van der Waals surface area contributed by atoms with Crippen molar-refractivity contribution in [3.8, 4) is 5.75 Å². The van der Waals surface area contributed by atoms with Crippen LogP contribution in [-0.2, 0) is 21.4 Å². The molecule has 0 spiro atoms. The van der Waals surface area contributed by atoms with Crippen LogP contribution >= 0.6 is 0 Å². The smallest absolute Gasteiger partial charge is 0.326 e. The van der Waals surface area contributed by atoms with E-state index < -0.39 is 17.9 Å². The number of carbonyl (C=O) groups is 2. The van der Waals surface area contributed by atoms with Gasteiger partial charge in [0.1, 0.15) is 11.7 Å². The number of carboxylic acid groups (broad SMARTS) is 1. The van der Waals surface area contributed by atoms with Crippen molar-refractivity contribution >= 4 is 11.9 Å².